The van der Waals surface area contributed by atoms with Crippen molar-refractivity contribution in [2.75, 3.05) is 6.54 Å². The molecule has 2 aromatic carbocycles. The summed E-state index contributed by atoms with van der Waals surface area (Å²) in [5.41, 5.74) is 0.891. The third-order valence-corrected chi connectivity index (χ3v) is 5.71. The van der Waals surface area contributed by atoms with Gasteiger partial charge in [0.05, 0.1) is 10.6 Å². The molecule has 0 amide bonds. The van der Waals surface area contributed by atoms with E-state index in [0.717, 1.165) is 19.3 Å². The minimum Gasteiger partial charge on any atom is -0.507 e. The van der Waals surface area contributed by atoms with Gasteiger partial charge >= 0.3 is 0 Å². The molecule has 142 valence electrons. The highest BCUT2D eigenvalue weighted by Crippen LogP contribution is 2.22. The lowest BCUT2D eigenvalue weighted by Gasteiger charge is -2.10. The molecule has 0 saturated carbocycles. The van der Waals surface area contributed by atoms with Gasteiger partial charge < -0.3 is 5.11 Å². The lowest BCUT2D eigenvalue weighted by Crippen LogP contribution is -2.30. The van der Waals surface area contributed by atoms with E-state index in [1.54, 1.807) is 24.3 Å². The molecule has 0 aromatic heterocycles. The van der Waals surface area contributed by atoms with E-state index in [-0.39, 0.29) is 10.6 Å². The van der Waals surface area contributed by atoms with Crippen molar-refractivity contribution in [1.82, 2.24) is 4.72 Å². The van der Waals surface area contributed by atoms with Gasteiger partial charge in [0.25, 0.3) is 10.0 Å². The second kappa shape index (κ2) is 8.54. The second-order valence-electron chi connectivity index (χ2n) is 6.20. The van der Waals surface area contributed by atoms with Crippen LogP contribution >= 0.6 is 11.6 Å². The van der Waals surface area contributed by atoms with E-state index in [1.807, 2.05) is 0 Å². The summed E-state index contributed by atoms with van der Waals surface area (Å²) in [6.07, 6.45) is 5.02. The summed E-state index contributed by atoms with van der Waals surface area (Å²) in [5.74, 6) is 0.547. The summed E-state index contributed by atoms with van der Waals surface area (Å²) in [6.45, 7) is 0.644. The Kier molecular flexibility index (Phi) is 6.13. The number of rotatable bonds is 4. The number of phenolic OH excluding ortho intramolecular Hbond substituents is 1. The molecule has 0 bridgehead atoms. The Bertz CT molecular complexity index is 987. The molecule has 0 saturated heterocycles. The molecule has 8 heteroatoms. The maximum absolute atomic E-state index is 12.6. The van der Waals surface area contributed by atoms with Crippen molar-refractivity contribution < 1.29 is 13.5 Å². The van der Waals surface area contributed by atoms with Crippen LogP contribution in [0.2, 0.25) is 5.02 Å². The third kappa shape index (κ3) is 5.30. The zero-order valence-electron chi connectivity index (χ0n) is 14.6. The van der Waals surface area contributed by atoms with Crippen LogP contribution in [0.15, 0.2) is 57.3 Å². The highest BCUT2D eigenvalue weighted by molar-refractivity contribution is 7.90. The van der Waals surface area contributed by atoms with Crippen LogP contribution in [0.4, 0.5) is 5.69 Å². The molecule has 0 radical (unpaired) electrons. The van der Waals surface area contributed by atoms with Crippen LogP contribution in [-0.4, -0.2) is 32.1 Å². The topological polar surface area (TPSA) is 91.1 Å². The molecule has 0 aliphatic carbocycles. The zero-order valence-corrected chi connectivity index (χ0v) is 16.2. The van der Waals surface area contributed by atoms with Crippen molar-refractivity contribution in [2.45, 2.75) is 30.6 Å². The predicted molar refractivity (Wildman–Crippen MR) is 108 cm³/mol. The second-order valence-corrected chi connectivity index (χ2v) is 8.32. The van der Waals surface area contributed by atoms with E-state index in [9.17, 15) is 13.5 Å². The summed E-state index contributed by atoms with van der Waals surface area (Å²) in [7, 11) is -3.72. The van der Waals surface area contributed by atoms with Crippen LogP contribution in [0.1, 0.15) is 31.2 Å². The number of hydrogen-bond acceptors (Lipinski definition) is 5. The fourth-order valence-electron chi connectivity index (χ4n) is 2.68. The maximum Gasteiger partial charge on any atom is 0.262 e. The average Bonchev–Trinajstić information content (AvgIpc) is 2.91. The van der Waals surface area contributed by atoms with Gasteiger partial charge in [0, 0.05) is 29.8 Å². The van der Waals surface area contributed by atoms with Crippen molar-refractivity contribution in [3.63, 3.8) is 0 Å². The minimum atomic E-state index is -3.72. The summed E-state index contributed by atoms with van der Waals surface area (Å²) in [5, 5.41) is 10.3. The molecular formula is C19H20ClN3O3S. The highest BCUT2D eigenvalue weighted by atomic mass is 35.5. The number of amidine groups is 1. The molecular weight excluding hydrogens is 386 g/mol. The molecule has 0 spiro atoms. The largest absolute Gasteiger partial charge is 0.507 e. The van der Waals surface area contributed by atoms with E-state index in [0.29, 0.717) is 35.1 Å². The number of nitrogens with zero attached hydrogens (tertiary/aromatic N) is 2. The normalized spacial score (nSPS) is 15.4. The number of aromatic hydroxyl groups is 1. The standard InChI is InChI=1S/C19H20ClN3O3S/c20-15-8-9-18(24)14(11-15)13-22-16-5-4-6-17(12-16)27(25,26)23-19-7-2-1-3-10-21-19/h4-6,8-9,11-13,24H,1-3,7,10H2,(H,21,23). The van der Waals surface area contributed by atoms with E-state index in [4.69, 9.17) is 11.6 Å². The minimum absolute atomic E-state index is 0.0416. The van der Waals surface area contributed by atoms with Gasteiger partial charge in [-0.1, -0.05) is 24.1 Å². The zero-order chi connectivity index (χ0) is 19.3. The first-order valence-electron chi connectivity index (χ1n) is 8.63. The number of sulfonamides is 1. The Morgan fingerprint density at radius 1 is 1.15 bits per heavy atom. The SMILES string of the molecule is O=S(=O)(NC1=NCCCCC1)c1cccc(N=Cc2cc(Cl)ccc2O)c1. The Balaban J connectivity index is 1.81. The summed E-state index contributed by atoms with van der Waals surface area (Å²) >= 11 is 5.92. The van der Waals surface area contributed by atoms with E-state index in [2.05, 4.69) is 14.7 Å². The van der Waals surface area contributed by atoms with Gasteiger partial charge in [-0.05, 0) is 49.2 Å². The Labute approximate surface area is 163 Å². The first-order valence-corrected chi connectivity index (χ1v) is 10.5. The molecule has 6 nitrogen and oxygen atoms in total. The molecule has 2 N–H and O–H groups in total. The van der Waals surface area contributed by atoms with Gasteiger partial charge in [0.15, 0.2) is 0 Å². The third-order valence-electron chi connectivity index (χ3n) is 4.10. The number of halogens is 1. The smallest absolute Gasteiger partial charge is 0.262 e. The molecule has 1 aliphatic heterocycles. The van der Waals surface area contributed by atoms with Gasteiger partial charge in [0.1, 0.15) is 11.6 Å². The molecule has 1 aliphatic rings. The quantitative estimate of drug-likeness (QED) is 0.751. The molecule has 0 atom stereocenters. The molecule has 27 heavy (non-hydrogen) atoms. The molecule has 2 aromatic rings. The van der Waals surface area contributed by atoms with E-state index >= 15 is 0 Å². The van der Waals surface area contributed by atoms with Crippen LogP contribution < -0.4 is 4.72 Å². The van der Waals surface area contributed by atoms with Crippen LogP contribution in [0.3, 0.4) is 0 Å². The van der Waals surface area contributed by atoms with Crippen molar-refractivity contribution in [2.24, 2.45) is 9.98 Å². The van der Waals surface area contributed by atoms with Crippen LogP contribution in [-0.2, 0) is 10.0 Å². The monoisotopic (exact) mass is 405 g/mol. The average molecular weight is 406 g/mol. The molecule has 3 rings (SSSR count). The Hall–Kier alpha value is -2.38. The molecule has 1 heterocycles. The van der Waals surface area contributed by atoms with Gasteiger partial charge in [0.2, 0.25) is 0 Å². The van der Waals surface area contributed by atoms with Crippen LogP contribution in [0.25, 0.3) is 0 Å². The first kappa shape index (κ1) is 19.4. The number of benzene rings is 2. The van der Waals surface area contributed by atoms with Crippen molar-refractivity contribution >= 4 is 39.4 Å². The summed E-state index contributed by atoms with van der Waals surface area (Å²) in [6, 6.07) is 10.9. The first-order chi connectivity index (χ1) is 12.9. The highest BCUT2D eigenvalue weighted by Gasteiger charge is 2.17. The maximum atomic E-state index is 12.6. The van der Waals surface area contributed by atoms with Gasteiger partial charge in [-0.2, -0.15) is 0 Å². The van der Waals surface area contributed by atoms with Gasteiger partial charge in [-0.15, -0.1) is 0 Å². The molecule has 0 unspecified atom stereocenters. The lowest BCUT2D eigenvalue weighted by molar-refractivity contribution is 0.474. The van der Waals surface area contributed by atoms with Gasteiger partial charge in [-0.3, -0.25) is 14.7 Å². The van der Waals surface area contributed by atoms with E-state index in [1.165, 1.54) is 24.4 Å². The van der Waals surface area contributed by atoms with Crippen molar-refractivity contribution in [1.29, 1.82) is 0 Å². The van der Waals surface area contributed by atoms with Crippen LogP contribution in [0, 0.1) is 0 Å². The number of nitrogens with one attached hydrogen (secondary N) is 1. The van der Waals surface area contributed by atoms with Crippen molar-refractivity contribution in [3.8, 4) is 5.75 Å². The Morgan fingerprint density at radius 2 is 2.00 bits per heavy atom. The van der Waals surface area contributed by atoms with Gasteiger partial charge in [-0.25, -0.2) is 8.42 Å². The summed E-state index contributed by atoms with van der Waals surface area (Å²) < 4.78 is 27.9. The summed E-state index contributed by atoms with van der Waals surface area (Å²) in [4.78, 5) is 8.67. The number of hydrogen-bond donors (Lipinski definition) is 2. The lowest BCUT2D eigenvalue weighted by atomic mass is 10.2. The number of phenols is 1. The Morgan fingerprint density at radius 3 is 2.85 bits per heavy atom. The fourth-order valence-corrected chi connectivity index (χ4v) is 3.98. The number of aliphatic imine (C=N–C) groups is 2. The van der Waals surface area contributed by atoms with Crippen LogP contribution in [0.5, 0.6) is 5.75 Å². The molecule has 0 fully saturated rings. The predicted octanol–water partition coefficient (Wildman–Crippen LogP) is 4.05. The van der Waals surface area contributed by atoms with Crippen molar-refractivity contribution in [3.05, 3.63) is 53.1 Å². The fraction of sp³-hybridized carbons (Fsp3) is 0.263. The van der Waals surface area contributed by atoms with E-state index < -0.39 is 10.0 Å².